The molecule has 0 aromatic rings. The van der Waals surface area contributed by atoms with Gasteiger partial charge in [-0.15, -0.1) is 0 Å². The Morgan fingerprint density at radius 1 is 0.721 bits per heavy atom. The highest BCUT2D eigenvalue weighted by molar-refractivity contribution is 5.70. The Balaban J connectivity index is 4.48. The summed E-state index contributed by atoms with van der Waals surface area (Å²) < 4.78 is 16.8. The summed E-state index contributed by atoms with van der Waals surface area (Å²) in [5, 5.41) is 11.5. The molecule has 0 saturated carbocycles. The first-order chi connectivity index (χ1) is 20.6. The van der Waals surface area contributed by atoms with E-state index in [4.69, 9.17) is 14.2 Å². The lowest BCUT2D eigenvalue weighted by Crippen LogP contribution is -2.55. The summed E-state index contributed by atoms with van der Waals surface area (Å²) in [5.41, 5.74) is 0. The van der Waals surface area contributed by atoms with E-state index < -0.39 is 18.1 Å². The summed E-state index contributed by atoms with van der Waals surface area (Å²) in [6, 6.07) is -0.729. The summed E-state index contributed by atoms with van der Waals surface area (Å²) in [6.07, 6.45) is 27.6. The Hall–Kier alpha value is -2.71. The third kappa shape index (κ3) is 25.5. The summed E-state index contributed by atoms with van der Waals surface area (Å²) in [6.45, 7) is 4.33. The minimum Gasteiger partial charge on any atom is -0.544 e. The molecule has 0 aromatic heterocycles. The highest BCUT2D eigenvalue weighted by Gasteiger charge is 2.25. The molecular formula is C35H59NO7. The van der Waals surface area contributed by atoms with Gasteiger partial charge in [-0.2, -0.15) is 0 Å². The molecule has 43 heavy (non-hydrogen) atoms. The molecule has 0 radical (unpaired) electrons. The van der Waals surface area contributed by atoms with E-state index in [9.17, 15) is 19.5 Å². The number of ether oxygens (including phenoxy) is 3. The molecule has 0 fully saturated rings. The van der Waals surface area contributed by atoms with Crippen LogP contribution < -0.4 is 5.11 Å². The highest BCUT2D eigenvalue weighted by atomic mass is 16.6. The van der Waals surface area contributed by atoms with E-state index in [2.05, 4.69) is 62.5 Å². The van der Waals surface area contributed by atoms with Crippen LogP contribution in [0.1, 0.15) is 104 Å². The number of carboxylic acids is 1. The summed E-state index contributed by atoms with van der Waals surface area (Å²) in [5.74, 6) is -1.82. The molecule has 0 aliphatic rings. The maximum Gasteiger partial charge on any atom is 0.306 e. The van der Waals surface area contributed by atoms with Crippen LogP contribution in [-0.2, 0) is 28.6 Å². The monoisotopic (exact) mass is 605 g/mol. The van der Waals surface area contributed by atoms with Crippen molar-refractivity contribution in [2.45, 2.75) is 116 Å². The average Bonchev–Trinajstić information content (AvgIpc) is 2.94. The van der Waals surface area contributed by atoms with Gasteiger partial charge in [0.15, 0.2) is 6.10 Å². The van der Waals surface area contributed by atoms with Crippen molar-refractivity contribution in [3.05, 3.63) is 48.6 Å². The van der Waals surface area contributed by atoms with Crippen LogP contribution in [0.2, 0.25) is 0 Å². The zero-order valence-electron chi connectivity index (χ0n) is 27.6. The van der Waals surface area contributed by atoms with E-state index in [1.807, 2.05) is 0 Å². The molecule has 0 spiro atoms. The number of carboxylic acid groups (broad SMARTS) is 1. The number of carbonyl (C=O) groups excluding carboxylic acids is 3. The van der Waals surface area contributed by atoms with Gasteiger partial charge in [-0.25, -0.2) is 0 Å². The summed E-state index contributed by atoms with van der Waals surface area (Å²) in [7, 11) is 5.35. The fourth-order valence-corrected chi connectivity index (χ4v) is 4.18. The van der Waals surface area contributed by atoms with Gasteiger partial charge in [0.05, 0.1) is 40.3 Å². The number of carbonyl (C=O) groups is 3. The predicted octanol–water partition coefficient (Wildman–Crippen LogP) is 6.01. The molecule has 0 aliphatic carbocycles. The van der Waals surface area contributed by atoms with Crippen molar-refractivity contribution in [3.8, 4) is 0 Å². The SMILES string of the molecule is CC/C=C\C/C=C\C/C=C\C/C=C\CCCCC(=O)OC(COCCC(C(=O)[O-])[N+](C)(C)C)COC(=O)CCCCCC. The van der Waals surface area contributed by atoms with Gasteiger partial charge < -0.3 is 28.6 Å². The zero-order chi connectivity index (χ0) is 32.2. The minimum absolute atomic E-state index is 0.0215. The first-order valence-electron chi connectivity index (χ1n) is 16.2. The van der Waals surface area contributed by atoms with Gasteiger partial charge in [0.2, 0.25) is 0 Å². The number of aliphatic carboxylic acids is 1. The number of likely N-dealkylation sites (N-methyl/N-ethyl adjacent to an activating group) is 1. The van der Waals surface area contributed by atoms with Gasteiger partial charge in [0.1, 0.15) is 12.6 Å². The van der Waals surface area contributed by atoms with Gasteiger partial charge >= 0.3 is 11.9 Å². The number of hydrogen-bond acceptors (Lipinski definition) is 7. The average molecular weight is 606 g/mol. The Bertz CT molecular complexity index is 855. The van der Waals surface area contributed by atoms with Crippen molar-refractivity contribution in [2.75, 3.05) is 41.0 Å². The van der Waals surface area contributed by atoms with Crippen molar-refractivity contribution in [2.24, 2.45) is 0 Å². The molecule has 2 atom stereocenters. The Labute approximate surface area is 261 Å². The first-order valence-corrected chi connectivity index (χ1v) is 16.2. The van der Waals surface area contributed by atoms with Gasteiger partial charge in [0, 0.05) is 19.3 Å². The second-order valence-electron chi connectivity index (χ2n) is 11.7. The molecule has 0 N–H and O–H groups in total. The summed E-state index contributed by atoms with van der Waals surface area (Å²) in [4.78, 5) is 36.1. The quantitative estimate of drug-likeness (QED) is 0.0489. The highest BCUT2D eigenvalue weighted by Crippen LogP contribution is 2.10. The van der Waals surface area contributed by atoms with E-state index in [1.54, 1.807) is 21.1 Å². The normalized spacial score (nSPS) is 13.8. The molecule has 8 heteroatoms. The molecule has 0 saturated heterocycles. The Morgan fingerprint density at radius 2 is 1.30 bits per heavy atom. The van der Waals surface area contributed by atoms with Crippen LogP contribution in [0.4, 0.5) is 0 Å². The third-order valence-corrected chi connectivity index (χ3v) is 6.73. The van der Waals surface area contributed by atoms with Crippen molar-refractivity contribution in [3.63, 3.8) is 0 Å². The van der Waals surface area contributed by atoms with Gasteiger partial charge in [0.25, 0.3) is 0 Å². The zero-order valence-corrected chi connectivity index (χ0v) is 27.6. The van der Waals surface area contributed by atoms with Crippen molar-refractivity contribution >= 4 is 17.9 Å². The Morgan fingerprint density at radius 3 is 1.88 bits per heavy atom. The number of allylic oxidation sites excluding steroid dienone is 8. The minimum atomic E-state index is -1.14. The van der Waals surface area contributed by atoms with Crippen LogP contribution in [0, 0.1) is 0 Å². The van der Waals surface area contributed by atoms with Crippen LogP contribution in [-0.4, -0.2) is 75.5 Å². The standard InChI is InChI=1S/C35H59NO7/c1-6-8-10-12-13-14-15-16-17-18-19-20-21-22-24-26-34(38)43-31(30-42-33(37)25-23-11-9-7-2)29-41-28-27-32(35(39)40)36(3,4)5/h8,10,13-14,16-17,19-20,31-32H,6-7,9,11-12,15,18,21-30H2,1-5H3/b10-8-,14-13-,17-16-,20-19-. The lowest BCUT2D eigenvalue weighted by atomic mass is 10.1. The number of rotatable bonds is 27. The predicted molar refractivity (Wildman–Crippen MR) is 171 cm³/mol. The number of quaternary nitrogens is 1. The molecule has 2 unspecified atom stereocenters. The largest absolute Gasteiger partial charge is 0.544 e. The Kier molecular flexibility index (Phi) is 25.2. The van der Waals surface area contributed by atoms with Gasteiger partial charge in [-0.05, 0) is 51.4 Å². The second-order valence-corrected chi connectivity index (χ2v) is 11.7. The van der Waals surface area contributed by atoms with Crippen LogP contribution in [0.5, 0.6) is 0 Å². The molecular weight excluding hydrogens is 546 g/mol. The van der Waals surface area contributed by atoms with Crippen molar-refractivity contribution < 1.29 is 38.2 Å². The molecule has 8 nitrogen and oxygen atoms in total. The fraction of sp³-hybridized carbons (Fsp3) is 0.686. The van der Waals surface area contributed by atoms with Gasteiger partial charge in [-0.1, -0.05) is 81.7 Å². The van der Waals surface area contributed by atoms with Crippen LogP contribution in [0.3, 0.4) is 0 Å². The lowest BCUT2D eigenvalue weighted by molar-refractivity contribution is -0.889. The number of nitrogens with zero attached hydrogens (tertiary/aromatic N) is 1. The van der Waals surface area contributed by atoms with E-state index in [1.165, 1.54) is 0 Å². The van der Waals surface area contributed by atoms with Crippen LogP contribution >= 0.6 is 0 Å². The van der Waals surface area contributed by atoms with E-state index in [-0.39, 0.29) is 49.1 Å². The maximum atomic E-state index is 12.5. The topological polar surface area (TPSA) is 102 Å². The molecule has 0 aromatic carbocycles. The molecule has 0 aliphatic heterocycles. The molecule has 246 valence electrons. The third-order valence-electron chi connectivity index (χ3n) is 6.73. The van der Waals surface area contributed by atoms with E-state index in [0.29, 0.717) is 12.8 Å². The van der Waals surface area contributed by atoms with E-state index >= 15 is 0 Å². The maximum absolute atomic E-state index is 12.5. The molecule has 0 rings (SSSR count). The van der Waals surface area contributed by atoms with Gasteiger partial charge in [-0.3, -0.25) is 9.59 Å². The van der Waals surface area contributed by atoms with Crippen molar-refractivity contribution in [1.29, 1.82) is 0 Å². The van der Waals surface area contributed by atoms with Crippen LogP contribution in [0.15, 0.2) is 48.6 Å². The molecule has 0 amide bonds. The molecule has 0 heterocycles. The first kappa shape index (κ1) is 40.3. The summed E-state index contributed by atoms with van der Waals surface area (Å²) >= 11 is 0. The van der Waals surface area contributed by atoms with E-state index in [0.717, 1.165) is 64.2 Å². The second kappa shape index (κ2) is 26.9. The smallest absolute Gasteiger partial charge is 0.306 e. The fourth-order valence-electron chi connectivity index (χ4n) is 4.18. The molecule has 0 bridgehead atoms. The number of esters is 2. The van der Waals surface area contributed by atoms with Crippen LogP contribution in [0.25, 0.3) is 0 Å². The number of unbranched alkanes of at least 4 members (excludes halogenated alkanes) is 5. The lowest BCUT2D eigenvalue weighted by Gasteiger charge is -2.34. The number of hydrogen-bond donors (Lipinski definition) is 0. The van der Waals surface area contributed by atoms with Crippen molar-refractivity contribution in [1.82, 2.24) is 0 Å².